The molecule has 1 amide bonds. The number of hydrogen-bond acceptors (Lipinski definition) is 2. The minimum Gasteiger partial charge on any atom is -0.311 e. The van der Waals surface area contributed by atoms with Gasteiger partial charge in [0, 0.05) is 6.92 Å². The van der Waals surface area contributed by atoms with Crippen molar-refractivity contribution >= 4 is 11.7 Å². The molecule has 0 radical (unpaired) electrons. The number of nitrogens with zero attached hydrogens (tertiary/aromatic N) is 1. The van der Waals surface area contributed by atoms with E-state index in [2.05, 4.69) is 29.4 Å². The summed E-state index contributed by atoms with van der Waals surface area (Å²) in [5.74, 6) is -0.209. The standard InChI is InChI=1S/C8H9FN2O.C7H8/c1-5-3-8(11-6(2)12)10-4-7(5)9;1-7-5-3-2-4-6-7/h3-4H,1-2H3,(H,10,11,12);2-6H,1H3. The van der Waals surface area contributed by atoms with Gasteiger partial charge in [-0.1, -0.05) is 35.9 Å². The molecule has 0 saturated carbocycles. The molecule has 0 bridgehead atoms. The Morgan fingerprint density at radius 2 is 1.84 bits per heavy atom. The lowest BCUT2D eigenvalue weighted by atomic mass is 10.2. The fourth-order valence-corrected chi connectivity index (χ4v) is 1.32. The topological polar surface area (TPSA) is 42.0 Å². The summed E-state index contributed by atoms with van der Waals surface area (Å²) in [6.07, 6.45) is 1.08. The third-order valence-corrected chi connectivity index (χ3v) is 2.29. The van der Waals surface area contributed by atoms with Gasteiger partial charge in [-0.05, 0) is 25.5 Å². The number of amides is 1. The van der Waals surface area contributed by atoms with Crippen molar-refractivity contribution in [1.82, 2.24) is 4.98 Å². The average molecular weight is 260 g/mol. The van der Waals surface area contributed by atoms with Gasteiger partial charge in [-0.25, -0.2) is 9.37 Å². The Balaban J connectivity index is 0.000000218. The maximum absolute atomic E-state index is 12.7. The normalized spacial score (nSPS) is 9.26. The highest BCUT2D eigenvalue weighted by Gasteiger charge is 2.00. The van der Waals surface area contributed by atoms with E-state index in [1.54, 1.807) is 6.92 Å². The van der Waals surface area contributed by atoms with Crippen LogP contribution in [0.1, 0.15) is 18.1 Å². The third kappa shape index (κ3) is 5.77. The molecule has 1 N–H and O–H groups in total. The second-order valence-corrected chi connectivity index (χ2v) is 4.15. The van der Waals surface area contributed by atoms with Crippen molar-refractivity contribution in [3.63, 3.8) is 0 Å². The number of hydrogen-bond donors (Lipinski definition) is 1. The molecule has 1 heterocycles. The van der Waals surface area contributed by atoms with E-state index in [-0.39, 0.29) is 11.7 Å². The van der Waals surface area contributed by atoms with E-state index in [0.717, 1.165) is 6.20 Å². The fraction of sp³-hybridized carbons (Fsp3) is 0.200. The lowest BCUT2D eigenvalue weighted by Gasteiger charge is -2.01. The van der Waals surface area contributed by atoms with Crippen LogP contribution in [-0.4, -0.2) is 10.9 Å². The summed E-state index contributed by atoms with van der Waals surface area (Å²) in [6, 6.07) is 11.7. The summed E-state index contributed by atoms with van der Waals surface area (Å²) in [7, 11) is 0. The zero-order valence-electron chi connectivity index (χ0n) is 11.3. The Labute approximate surface area is 112 Å². The van der Waals surface area contributed by atoms with Crippen molar-refractivity contribution in [2.24, 2.45) is 0 Å². The van der Waals surface area contributed by atoms with E-state index in [1.807, 2.05) is 18.2 Å². The molecule has 4 heteroatoms. The second kappa shape index (κ2) is 7.26. The summed E-state index contributed by atoms with van der Waals surface area (Å²) >= 11 is 0. The number of nitrogens with one attached hydrogen (secondary N) is 1. The van der Waals surface area contributed by atoms with Crippen LogP contribution in [0, 0.1) is 19.7 Å². The molecular formula is C15H17FN2O. The molecular weight excluding hydrogens is 243 g/mol. The summed E-state index contributed by atoms with van der Waals surface area (Å²) in [5, 5.41) is 2.46. The van der Waals surface area contributed by atoms with Gasteiger partial charge in [0.05, 0.1) is 6.20 Å². The summed E-state index contributed by atoms with van der Waals surface area (Å²) in [4.78, 5) is 14.2. The number of carbonyl (C=O) groups is 1. The number of benzene rings is 1. The molecule has 2 rings (SSSR count). The highest BCUT2D eigenvalue weighted by molar-refractivity contribution is 5.87. The third-order valence-electron chi connectivity index (χ3n) is 2.29. The molecule has 0 aliphatic rings. The molecule has 0 fully saturated rings. The van der Waals surface area contributed by atoms with Crippen LogP contribution >= 0.6 is 0 Å². The summed E-state index contributed by atoms with van der Waals surface area (Å²) < 4.78 is 12.7. The maximum atomic E-state index is 12.7. The van der Waals surface area contributed by atoms with Crippen molar-refractivity contribution in [2.45, 2.75) is 20.8 Å². The molecule has 0 spiro atoms. The summed E-state index contributed by atoms with van der Waals surface area (Å²) in [6.45, 7) is 5.07. The van der Waals surface area contributed by atoms with Crippen LogP contribution in [0.5, 0.6) is 0 Å². The SMILES string of the molecule is CC(=O)Nc1cc(C)c(F)cn1.Cc1ccccc1. The molecule has 1 aromatic carbocycles. The number of carbonyl (C=O) groups excluding carboxylic acids is 1. The zero-order chi connectivity index (χ0) is 14.3. The molecule has 2 aromatic rings. The molecule has 19 heavy (non-hydrogen) atoms. The zero-order valence-corrected chi connectivity index (χ0v) is 11.3. The molecule has 0 atom stereocenters. The smallest absolute Gasteiger partial charge is 0.222 e. The minimum atomic E-state index is -0.371. The second-order valence-electron chi connectivity index (χ2n) is 4.15. The lowest BCUT2D eigenvalue weighted by Crippen LogP contribution is -2.07. The summed E-state index contributed by atoms with van der Waals surface area (Å²) in [5.41, 5.74) is 1.79. The first-order chi connectivity index (χ1) is 8.99. The van der Waals surface area contributed by atoms with E-state index in [1.165, 1.54) is 18.6 Å². The minimum absolute atomic E-state index is 0.214. The Morgan fingerprint density at radius 1 is 1.21 bits per heavy atom. The van der Waals surface area contributed by atoms with Gasteiger partial charge in [0.25, 0.3) is 0 Å². The van der Waals surface area contributed by atoms with E-state index in [0.29, 0.717) is 11.4 Å². The quantitative estimate of drug-likeness (QED) is 0.852. The van der Waals surface area contributed by atoms with Crippen LogP contribution in [-0.2, 0) is 4.79 Å². The van der Waals surface area contributed by atoms with Crippen LogP contribution in [0.2, 0.25) is 0 Å². The van der Waals surface area contributed by atoms with Crippen molar-refractivity contribution < 1.29 is 9.18 Å². The van der Waals surface area contributed by atoms with Gasteiger partial charge in [0.15, 0.2) is 0 Å². The Hall–Kier alpha value is -2.23. The van der Waals surface area contributed by atoms with E-state index >= 15 is 0 Å². The van der Waals surface area contributed by atoms with Crippen LogP contribution in [0.3, 0.4) is 0 Å². The highest BCUT2D eigenvalue weighted by atomic mass is 19.1. The van der Waals surface area contributed by atoms with Gasteiger partial charge in [-0.2, -0.15) is 0 Å². The van der Waals surface area contributed by atoms with Crippen LogP contribution in [0.4, 0.5) is 10.2 Å². The molecule has 0 saturated heterocycles. The Bertz CT molecular complexity index is 541. The fourth-order valence-electron chi connectivity index (χ4n) is 1.32. The van der Waals surface area contributed by atoms with Crippen LogP contribution < -0.4 is 5.32 Å². The first-order valence-electron chi connectivity index (χ1n) is 5.90. The molecule has 0 aliphatic carbocycles. The monoisotopic (exact) mass is 260 g/mol. The van der Waals surface area contributed by atoms with Crippen LogP contribution in [0.15, 0.2) is 42.6 Å². The Morgan fingerprint density at radius 3 is 2.26 bits per heavy atom. The number of pyridine rings is 1. The first-order valence-corrected chi connectivity index (χ1v) is 5.90. The van der Waals surface area contributed by atoms with Crippen molar-refractivity contribution in [3.05, 3.63) is 59.5 Å². The average Bonchev–Trinajstić information content (AvgIpc) is 2.35. The number of aromatic nitrogens is 1. The van der Waals surface area contributed by atoms with Gasteiger partial charge in [0.1, 0.15) is 11.6 Å². The number of anilines is 1. The number of rotatable bonds is 1. The predicted octanol–water partition coefficient (Wildman–Crippen LogP) is 3.48. The van der Waals surface area contributed by atoms with Gasteiger partial charge < -0.3 is 5.32 Å². The van der Waals surface area contributed by atoms with Gasteiger partial charge in [-0.15, -0.1) is 0 Å². The van der Waals surface area contributed by atoms with Gasteiger partial charge >= 0.3 is 0 Å². The maximum Gasteiger partial charge on any atom is 0.222 e. The van der Waals surface area contributed by atoms with Crippen molar-refractivity contribution in [3.8, 4) is 0 Å². The van der Waals surface area contributed by atoms with Crippen molar-refractivity contribution in [2.75, 3.05) is 5.32 Å². The molecule has 0 unspecified atom stereocenters. The molecule has 100 valence electrons. The van der Waals surface area contributed by atoms with E-state index in [9.17, 15) is 9.18 Å². The van der Waals surface area contributed by atoms with Gasteiger partial charge in [0.2, 0.25) is 5.91 Å². The molecule has 3 nitrogen and oxygen atoms in total. The largest absolute Gasteiger partial charge is 0.311 e. The predicted molar refractivity (Wildman–Crippen MR) is 74.4 cm³/mol. The van der Waals surface area contributed by atoms with Crippen molar-refractivity contribution in [1.29, 1.82) is 0 Å². The Kier molecular flexibility index (Phi) is 5.67. The lowest BCUT2D eigenvalue weighted by molar-refractivity contribution is -0.114. The number of aryl methyl sites for hydroxylation is 2. The number of halogens is 1. The highest BCUT2D eigenvalue weighted by Crippen LogP contribution is 2.09. The molecule has 1 aromatic heterocycles. The van der Waals surface area contributed by atoms with Gasteiger partial charge in [-0.3, -0.25) is 4.79 Å². The van der Waals surface area contributed by atoms with Crippen LogP contribution in [0.25, 0.3) is 0 Å². The molecule has 0 aliphatic heterocycles. The van der Waals surface area contributed by atoms with E-state index in [4.69, 9.17) is 0 Å². The van der Waals surface area contributed by atoms with E-state index < -0.39 is 0 Å². The first kappa shape index (κ1) is 14.8.